The zero-order chi connectivity index (χ0) is 11.6. The van der Waals surface area contributed by atoms with E-state index in [-0.39, 0.29) is 0 Å². The summed E-state index contributed by atoms with van der Waals surface area (Å²) in [7, 11) is -0.974. The lowest BCUT2D eigenvalue weighted by atomic mass is 10.2. The first kappa shape index (κ1) is 11.3. The van der Waals surface area contributed by atoms with Crippen LogP contribution in [0, 0.1) is 0 Å². The van der Waals surface area contributed by atoms with Crippen LogP contribution in [0.2, 0.25) is 25.7 Å². The van der Waals surface area contributed by atoms with E-state index in [0.717, 1.165) is 11.5 Å². The summed E-state index contributed by atoms with van der Waals surface area (Å²) < 4.78 is 10.6. The van der Waals surface area contributed by atoms with Crippen molar-refractivity contribution in [2.45, 2.75) is 25.7 Å². The molecule has 0 aliphatic carbocycles. The zero-order valence-electron chi connectivity index (χ0n) is 10.1. The van der Waals surface area contributed by atoms with E-state index in [1.165, 1.54) is 11.6 Å². The molecule has 0 atom stereocenters. The molecule has 16 heavy (non-hydrogen) atoms. The summed E-state index contributed by atoms with van der Waals surface area (Å²) in [6.07, 6.45) is 4.43. The first-order valence-corrected chi connectivity index (χ1v) is 9.31. The van der Waals surface area contributed by atoms with E-state index in [1.807, 2.05) is 12.1 Å². The van der Waals surface area contributed by atoms with Gasteiger partial charge in [-0.25, -0.2) is 0 Å². The molecule has 86 valence electrons. The van der Waals surface area contributed by atoms with E-state index >= 15 is 0 Å². The molecular weight excluding hydrogens is 216 g/mol. The minimum atomic E-state index is -0.974. The van der Waals surface area contributed by atoms with Gasteiger partial charge in [0, 0.05) is 8.07 Å². The largest absolute Gasteiger partial charge is 0.454 e. The van der Waals surface area contributed by atoms with Gasteiger partial charge < -0.3 is 9.47 Å². The molecule has 2 nitrogen and oxygen atoms in total. The van der Waals surface area contributed by atoms with Crippen molar-refractivity contribution >= 4 is 14.1 Å². The van der Waals surface area contributed by atoms with Crippen molar-refractivity contribution in [2.24, 2.45) is 0 Å². The fraction of sp³-hybridized carbons (Fsp3) is 0.385. The summed E-state index contributed by atoms with van der Waals surface area (Å²) in [4.78, 5) is 0. The van der Waals surface area contributed by atoms with Crippen LogP contribution in [-0.2, 0) is 0 Å². The summed E-state index contributed by atoms with van der Waals surface area (Å²) in [5.41, 5.74) is 1.18. The van der Waals surface area contributed by atoms with Gasteiger partial charge >= 0.3 is 0 Å². The third kappa shape index (κ3) is 2.89. The zero-order valence-corrected chi connectivity index (χ0v) is 11.1. The minimum absolute atomic E-state index is 0.345. The Morgan fingerprint density at radius 1 is 1.19 bits per heavy atom. The Hall–Kier alpha value is -1.22. The lowest BCUT2D eigenvalue weighted by Crippen LogP contribution is -2.17. The fourth-order valence-corrected chi connectivity index (χ4v) is 2.39. The van der Waals surface area contributed by atoms with Crippen molar-refractivity contribution < 1.29 is 9.47 Å². The highest BCUT2D eigenvalue weighted by Gasteiger charge is 2.12. The van der Waals surface area contributed by atoms with Gasteiger partial charge in [-0.3, -0.25) is 0 Å². The Balaban J connectivity index is 2.05. The number of hydrogen-bond donors (Lipinski definition) is 0. The van der Waals surface area contributed by atoms with Gasteiger partial charge in [-0.1, -0.05) is 37.9 Å². The molecule has 0 fully saturated rings. The molecule has 1 aliphatic heterocycles. The summed E-state index contributed by atoms with van der Waals surface area (Å²) in [6, 6.07) is 7.27. The molecule has 0 radical (unpaired) electrons. The van der Waals surface area contributed by atoms with Crippen LogP contribution in [0.25, 0.3) is 6.08 Å². The highest BCUT2D eigenvalue weighted by atomic mass is 28.3. The predicted octanol–water partition coefficient (Wildman–Crippen LogP) is 3.77. The Kier molecular flexibility index (Phi) is 3.05. The van der Waals surface area contributed by atoms with Crippen molar-refractivity contribution in [1.29, 1.82) is 0 Å². The van der Waals surface area contributed by atoms with Crippen molar-refractivity contribution in [3.05, 3.63) is 29.8 Å². The molecule has 1 aromatic rings. The van der Waals surface area contributed by atoms with Gasteiger partial charge in [-0.15, -0.1) is 0 Å². The molecule has 1 aliphatic rings. The van der Waals surface area contributed by atoms with Crippen molar-refractivity contribution in [3.8, 4) is 11.5 Å². The third-order valence-corrected chi connectivity index (χ3v) is 3.90. The molecule has 0 bridgehead atoms. The summed E-state index contributed by atoms with van der Waals surface area (Å²) in [6.45, 7) is 7.46. The third-order valence-electron chi connectivity index (χ3n) is 2.44. The molecular formula is C13H18O2Si. The summed E-state index contributed by atoms with van der Waals surface area (Å²) >= 11 is 0. The van der Waals surface area contributed by atoms with Crippen LogP contribution in [0.15, 0.2) is 24.3 Å². The standard InChI is InChI=1S/C13H18O2Si/c1-16(2,3)8-4-5-11-6-7-12-13(9-11)15-10-14-12/h4-7,9H,8,10H2,1-3H3/b5-4+. The molecule has 3 heteroatoms. The Morgan fingerprint density at radius 3 is 2.69 bits per heavy atom. The van der Waals surface area contributed by atoms with Gasteiger partial charge in [0.15, 0.2) is 11.5 Å². The Labute approximate surface area is 97.9 Å². The highest BCUT2D eigenvalue weighted by molar-refractivity contribution is 6.76. The fourth-order valence-electron chi connectivity index (χ4n) is 1.57. The minimum Gasteiger partial charge on any atom is -0.454 e. The Morgan fingerprint density at radius 2 is 1.94 bits per heavy atom. The van der Waals surface area contributed by atoms with Crippen LogP contribution in [0.3, 0.4) is 0 Å². The molecule has 0 aromatic heterocycles. The quantitative estimate of drug-likeness (QED) is 0.741. The number of benzene rings is 1. The molecule has 1 heterocycles. The molecule has 0 saturated heterocycles. The van der Waals surface area contributed by atoms with Crippen LogP contribution in [0.1, 0.15) is 5.56 Å². The first-order valence-electron chi connectivity index (χ1n) is 5.61. The SMILES string of the molecule is C[Si](C)(C)C/C=C/c1ccc2c(c1)OCO2. The van der Waals surface area contributed by atoms with E-state index < -0.39 is 8.07 Å². The van der Waals surface area contributed by atoms with E-state index in [4.69, 9.17) is 9.47 Å². The number of allylic oxidation sites excluding steroid dienone is 1. The average molecular weight is 234 g/mol. The second-order valence-electron chi connectivity index (χ2n) is 5.28. The first-order chi connectivity index (χ1) is 7.54. The molecule has 0 unspecified atom stereocenters. The average Bonchev–Trinajstić information content (AvgIpc) is 2.62. The number of ether oxygens (including phenoxy) is 2. The van der Waals surface area contributed by atoms with Gasteiger partial charge in [-0.05, 0) is 23.7 Å². The smallest absolute Gasteiger partial charge is 0.231 e. The molecule has 0 amide bonds. The summed E-state index contributed by atoms with van der Waals surface area (Å²) in [5.74, 6) is 1.71. The molecule has 0 N–H and O–H groups in total. The summed E-state index contributed by atoms with van der Waals surface area (Å²) in [5, 5.41) is 0. The molecule has 0 spiro atoms. The maximum absolute atomic E-state index is 5.34. The van der Waals surface area contributed by atoms with E-state index in [9.17, 15) is 0 Å². The second kappa shape index (κ2) is 4.34. The monoisotopic (exact) mass is 234 g/mol. The topological polar surface area (TPSA) is 18.5 Å². The number of hydrogen-bond acceptors (Lipinski definition) is 2. The number of rotatable bonds is 3. The normalized spacial score (nSPS) is 14.7. The highest BCUT2D eigenvalue weighted by Crippen LogP contribution is 2.32. The van der Waals surface area contributed by atoms with Crippen molar-refractivity contribution in [3.63, 3.8) is 0 Å². The molecule has 0 saturated carbocycles. The van der Waals surface area contributed by atoms with Gasteiger partial charge in [-0.2, -0.15) is 0 Å². The lowest BCUT2D eigenvalue weighted by molar-refractivity contribution is 0.174. The van der Waals surface area contributed by atoms with Crippen LogP contribution in [-0.4, -0.2) is 14.9 Å². The predicted molar refractivity (Wildman–Crippen MR) is 69.8 cm³/mol. The molecule has 1 aromatic carbocycles. The maximum atomic E-state index is 5.34. The Bertz CT molecular complexity index is 405. The van der Waals surface area contributed by atoms with Gasteiger partial charge in [0.1, 0.15) is 0 Å². The maximum Gasteiger partial charge on any atom is 0.231 e. The van der Waals surface area contributed by atoms with E-state index in [1.54, 1.807) is 0 Å². The van der Waals surface area contributed by atoms with Crippen LogP contribution in [0.5, 0.6) is 11.5 Å². The lowest BCUT2D eigenvalue weighted by Gasteiger charge is -2.11. The second-order valence-corrected chi connectivity index (χ2v) is 10.8. The van der Waals surface area contributed by atoms with Crippen LogP contribution in [0.4, 0.5) is 0 Å². The van der Waals surface area contributed by atoms with Gasteiger partial charge in [0.2, 0.25) is 6.79 Å². The van der Waals surface area contributed by atoms with E-state index in [0.29, 0.717) is 6.79 Å². The van der Waals surface area contributed by atoms with Gasteiger partial charge in [0.05, 0.1) is 0 Å². The van der Waals surface area contributed by atoms with E-state index in [2.05, 4.69) is 37.9 Å². The van der Waals surface area contributed by atoms with Crippen molar-refractivity contribution in [1.82, 2.24) is 0 Å². The van der Waals surface area contributed by atoms with Crippen LogP contribution >= 0.6 is 0 Å². The van der Waals surface area contributed by atoms with Crippen LogP contribution < -0.4 is 9.47 Å². The van der Waals surface area contributed by atoms with Gasteiger partial charge in [0.25, 0.3) is 0 Å². The van der Waals surface area contributed by atoms with Crippen molar-refractivity contribution in [2.75, 3.05) is 6.79 Å². The number of fused-ring (bicyclic) bond motifs is 1. The molecule has 2 rings (SSSR count).